The predicted molar refractivity (Wildman–Crippen MR) is 118 cm³/mol. The maximum Gasteiger partial charge on any atom is 0.246 e. The molecule has 32 heavy (non-hydrogen) atoms. The minimum atomic E-state index is -0.886. The summed E-state index contributed by atoms with van der Waals surface area (Å²) in [6.45, 7) is 7.85. The molecular formula is C23H21ClF2N4O2. The lowest BCUT2D eigenvalue weighted by Crippen LogP contribution is -2.57. The first-order valence-electron chi connectivity index (χ1n) is 10.0. The number of phenolic OH excluding ortho intramolecular Hbond substituents is 1. The number of phenols is 1. The van der Waals surface area contributed by atoms with Gasteiger partial charge in [-0.25, -0.2) is 18.7 Å². The smallest absolute Gasteiger partial charge is 0.246 e. The molecule has 2 aromatic carbocycles. The van der Waals surface area contributed by atoms with E-state index in [9.17, 15) is 14.3 Å². The Morgan fingerprint density at radius 1 is 1.31 bits per heavy atom. The molecule has 0 aliphatic carbocycles. The maximum atomic E-state index is 15.6. The average molecular weight is 459 g/mol. The van der Waals surface area contributed by atoms with E-state index in [1.807, 2.05) is 13.8 Å². The van der Waals surface area contributed by atoms with Gasteiger partial charge in [0.25, 0.3) is 0 Å². The Hall–Kier alpha value is -3.10. The van der Waals surface area contributed by atoms with Crippen LogP contribution in [-0.2, 0) is 4.79 Å². The van der Waals surface area contributed by atoms with Crippen LogP contribution in [0.3, 0.4) is 0 Å². The lowest BCUT2D eigenvalue weighted by molar-refractivity contribution is -0.131. The first kappa shape index (κ1) is 22.1. The first-order chi connectivity index (χ1) is 15.2. The molecule has 2 N–H and O–H groups in total. The van der Waals surface area contributed by atoms with E-state index in [4.69, 9.17) is 11.6 Å². The van der Waals surface area contributed by atoms with Crippen LogP contribution in [0.25, 0.3) is 22.0 Å². The Labute approximate surface area is 188 Å². The van der Waals surface area contributed by atoms with Crippen molar-refractivity contribution in [1.82, 2.24) is 20.2 Å². The van der Waals surface area contributed by atoms with E-state index in [0.717, 1.165) is 6.07 Å². The second kappa shape index (κ2) is 8.44. The van der Waals surface area contributed by atoms with Gasteiger partial charge in [-0.15, -0.1) is 0 Å². The Morgan fingerprint density at radius 3 is 2.75 bits per heavy atom. The standard InChI is InChI=1S/C23H21ClF2N4O2/c1-4-17(32)30-9-11(2)29-12(3)23(30)22-13-8-14(24)18(20(26)21(13)27-10-28-22)19-15(25)6-5-7-16(19)31/h4-8,10-12,23,29,31H,1,9H2,2-3H3/t11-,12+,23?/m1/s1. The Balaban J connectivity index is 1.96. The van der Waals surface area contributed by atoms with Crippen molar-refractivity contribution in [2.45, 2.75) is 32.0 Å². The molecule has 4 rings (SSSR count). The number of fused-ring (bicyclic) bond motifs is 1. The molecule has 1 saturated heterocycles. The highest BCUT2D eigenvalue weighted by Gasteiger charge is 2.37. The summed E-state index contributed by atoms with van der Waals surface area (Å²) in [7, 11) is 0. The highest BCUT2D eigenvalue weighted by Crippen LogP contribution is 2.42. The van der Waals surface area contributed by atoms with Crippen LogP contribution in [0, 0.1) is 11.6 Å². The van der Waals surface area contributed by atoms with Crippen LogP contribution >= 0.6 is 11.6 Å². The zero-order valence-corrected chi connectivity index (χ0v) is 18.2. The molecule has 2 heterocycles. The topological polar surface area (TPSA) is 78.4 Å². The molecule has 3 aromatic rings. The first-order valence-corrected chi connectivity index (χ1v) is 10.4. The van der Waals surface area contributed by atoms with E-state index in [1.54, 1.807) is 4.90 Å². The number of piperazine rings is 1. The summed E-state index contributed by atoms with van der Waals surface area (Å²) in [5, 5.41) is 13.7. The number of halogens is 3. The van der Waals surface area contributed by atoms with E-state index >= 15 is 4.39 Å². The summed E-state index contributed by atoms with van der Waals surface area (Å²) in [5.41, 5.74) is -0.319. The van der Waals surface area contributed by atoms with Crippen LogP contribution in [0.4, 0.5) is 8.78 Å². The molecule has 3 atom stereocenters. The lowest BCUT2D eigenvalue weighted by atomic mass is 9.94. The van der Waals surface area contributed by atoms with Crippen molar-refractivity contribution >= 4 is 28.4 Å². The number of nitrogens with one attached hydrogen (secondary N) is 1. The third kappa shape index (κ3) is 3.59. The quantitative estimate of drug-likeness (QED) is 0.570. The van der Waals surface area contributed by atoms with Crippen molar-refractivity contribution in [3.8, 4) is 16.9 Å². The molecule has 1 unspecified atom stereocenters. The summed E-state index contributed by atoms with van der Waals surface area (Å²) in [5.74, 6) is -2.42. The molecule has 1 amide bonds. The number of nitrogens with zero attached hydrogens (tertiary/aromatic N) is 3. The van der Waals surface area contributed by atoms with E-state index in [-0.39, 0.29) is 39.7 Å². The number of carbonyl (C=O) groups is 1. The summed E-state index contributed by atoms with van der Waals surface area (Å²) in [6, 6.07) is 4.40. The van der Waals surface area contributed by atoms with Gasteiger partial charge >= 0.3 is 0 Å². The highest BCUT2D eigenvalue weighted by molar-refractivity contribution is 6.34. The molecule has 166 valence electrons. The van der Waals surface area contributed by atoms with Gasteiger partial charge in [0, 0.05) is 29.6 Å². The van der Waals surface area contributed by atoms with Gasteiger partial charge in [-0.3, -0.25) is 4.79 Å². The van der Waals surface area contributed by atoms with Crippen molar-refractivity contribution in [2.24, 2.45) is 0 Å². The van der Waals surface area contributed by atoms with Crippen molar-refractivity contribution < 1.29 is 18.7 Å². The molecule has 9 heteroatoms. The van der Waals surface area contributed by atoms with Gasteiger partial charge in [-0.05, 0) is 38.1 Å². The largest absolute Gasteiger partial charge is 0.507 e. The summed E-state index contributed by atoms with van der Waals surface area (Å²) in [4.78, 5) is 22.6. The molecule has 0 spiro atoms. The molecule has 1 fully saturated rings. The van der Waals surface area contributed by atoms with Crippen molar-refractivity contribution in [3.63, 3.8) is 0 Å². The SMILES string of the molecule is C=CC(=O)N1C[C@@H](C)N[C@@H](C)C1c1ncnc2c(F)c(-c3c(O)cccc3F)c(Cl)cc12. The maximum absolute atomic E-state index is 15.6. The monoisotopic (exact) mass is 458 g/mol. The number of benzene rings is 2. The van der Waals surface area contributed by atoms with E-state index in [2.05, 4.69) is 21.9 Å². The summed E-state index contributed by atoms with van der Waals surface area (Å²) >= 11 is 6.40. The van der Waals surface area contributed by atoms with Crippen LogP contribution in [-0.4, -0.2) is 44.5 Å². The Bertz CT molecular complexity index is 1220. The molecule has 0 saturated carbocycles. The third-order valence-corrected chi connectivity index (χ3v) is 5.96. The number of hydrogen-bond donors (Lipinski definition) is 2. The van der Waals surface area contributed by atoms with Crippen LogP contribution in [0.15, 0.2) is 43.2 Å². The third-order valence-electron chi connectivity index (χ3n) is 5.66. The highest BCUT2D eigenvalue weighted by atomic mass is 35.5. The molecule has 6 nitrogen and oxygen atoms in total. The normalized spacial score (nSPS) is 21.0. The fourth-order valence-corrected chi connectivity index (χ4v) is 4.66. The molecule has 1 aliphatic heterocycles. The molecular weight excluding hydrogens is 438 g/mol. The number of amides is 1. The second-order valence-electron chi connectivity index (χ2n) is 7.83. The molecule has 0 bridgehead atoms. The van der Waals surface area contributed by atoms with Gasteiger partial charge in [0.15, 0.2) is 5.82 Å². The number of hydrogen-bond acceptors (Lipinski definition) is 5. The molecule has 0 radical (unpaired) electrons. The Morgan fingerprint density at radius 2 is 2.06 bits per heavy atom. The van der Waals surface area contributed by atoms with Crippen molar-refractivity contribution in [3.05, 3.63) is 65.6 Å². The van der Waals surface area contributed by atoms with Gasteiger partial charge < -0.3 is 15.3 Å². The number of aromatic hydroxyl groups is 1. The van der Waals surface area contributed by atoms with E-state index < -0.39 is 23.4 Å². The minimum Gasteiger partial charge on any atom is -0.507 e. The second-order valence-corrected chi connectivity index (χ2v) is 8.24. The van der Waals surface area contributed by atoms with Gasteiger partial charge in [0.2, 0.25) is 5.91 Å². The van der Waals surface area contributed by atoms with Gasteiger partial charge in [-0.2, -0.15) is 0 Å². The minimum absolute atomic E-state index is 0.0363. The zero-order valence-electron chi connectivity index (χ0n) is 17.4. The van der Waals surface area contributed by atoms with E-state index in [1.165, 1.54) is 30.6 Å². The Kier molecular flexibility index (Phi) is 5.83. The van der Waals surface area contributed by atoms with Gasteiger partial charge in [0.1, 0.15) is 23.4 Å². The predicted octanol–water partition coefficient (Wildman–Crippen LogP) is 4.37. The fraction of sp³-hybridized carbons (Fsp3) is 0.261. The zero-order chi connectivity index (χ0) is 23.2. The van der Waals surface area contributed by atoms with Gasteiger partial charge in [-0.1, -0.05) is 24.2 Å². The van der Waals surface area contributed by atoms with Crippen LogP contribution in [0.1, 0.15) is 25.6 Å². The molecule has 1 aromatic heterocycles. The van der Waals surface area contributed by atoms with Crippen molar-refractivity contribution in [1.29, 1.82) is 0 Å². The fourth-order valence-electron chi connectivity index (χ4n) is 4.37. The number of rotatable bonds is 3. The van der Waals surface area contributed by atoms with E-state index in [0.29, 0.717) is 17.6 Å². The average Bonchev–Trinajstić information content (AvgIpc) is 2.74. The molecule has 1 aliphatic rings. The van der Waals surface area contributed by atoms with Crippen LogP contribution < -0.4 is 5.32 Å². The number of carbonyl (C=O) groups excluding carboxylic acids is 1. The van der Waals surface area contributed by atoms with Crippen molar-refractivity contribution in [2.75, 3.05) is 6.54 Å². The van der Waals surface area contributed by atoms with Crippen LogP contribution in [0.5, 0.6) is 5.75 Å². The summed E-state index contributed by atoms with van der Waals surface area (Å²) in [6.07, 6.45) is 2.43. The van der Waals surface area contributed by atoms with Gasteiger partial charge in [0.05, 0.1) is 22.3 Å². The number of aromatic nitrogens is 2. The summed E-state index contributed by atoms with van der Waals surface area (Å²) < 4.78 is 30.1. The lowest BCUT2D eigenvalue weighted by Gasteiger charge is -2.43. The van der Waals surface area contributed by atoms with Crippen LogP contribution in [0.2, 0.25) is 5.02 Å².